The van der Waals surface area contributed by atoms with E-state index in [4.69, 9.17) is 14.3 Å². The van der Waals surface area contributed by atoms with E-state index >= 15 is 0 Å². The molecule has 5 rings (SSSR count). The first kappa shape index (κ1) is 21.9. The molecule has 3 aliphatic rings. The third-order valence-electron chi connectivity index (χ3n) is 7.12. The maximum Gasteiger partial charge on any atom is 0.223 e. The molecule has 1 saturated heterocycles. The second-order valence-electron chi connectivity index (χ2n) is 9.40. The summed E-state index contributed by atoms with van der Waals surface area (Å²) in [5.74, 6) is -1.84. The van der Waals surface area contributed by atoms with E-state index in [1.165, 1.54) is 5.56 Å². The van der Waals surface area contributed by atoms with Gasteiger partial charge in [0.05, 0.1) is 12.3 Å². The Balaban J connectivity index is 1.64. The number of nitrogens with zero attached hydrogens (tertiary/aromatic N) is 2. The fourth-order valence-corrected chi connectivity index (χ4v) is 5.68. The fraction of sp³-hybridized carbons (Fsp3) is 0.407. The van der Waals surface area contributed by atoms with Crippen LogP contribution in [0.25, 0.3) is 0 Å². The molecule has 33 heavy (non-hydrogen) atoms. The molecule has 172 valence electrons. The Morgan fingerprint density at radius 1 is 1.15 bits per heavy atom. The van der Waals surface area contributed by atoms with Crippen molar-refractivity contribution in [2.24, 2.45) is 11.1 Å². The van der Waals surface area contributed by atoms with Gasteiger partial charge in [0.2, 0.25) is 17.2 Å². The number of ketones is 1. The van der Waals surface area contributed by atoms with E-state index in [2.05, 4.69) is 55.1 Å². The number of aryl methyl sites for hydroxylation is 3. The van der Waals surface area contributed by atoms with Crippen molar-refractivity contribution in [3.8, 4) is 0 Å². The van der Waals surface area contributed by atoms with Crippen LogP contribution in [0.4, 0.5) is 0 Å². The smallest absolute Gasteiger partial charge is 0.223 e. The SMILES string of the molecule is COC12OCCN(Cc3ccccc3)C1=CC(=O)[C@]1(C)ON=C(c3c(C)cc(C)cc3C)[C@H]21. The molecule has 2 aromatic rings. The summed E-state index contributed by atoms with van der Waals surface area (Å²) in [5.41, 5.74) is 5.74. The van der Waals surface area contributed by atoms with Crippen LogP contribution in [0.5, 0.6) is 0 Å². The summed E-state index contributed by atoms with van der Waals surface area (Å²) in [5, 5.41) is 4.50. The fourth-order valence-electron chi connectivity index (χ4n) is 5.68. The molecular weight excluding hydrogens is 416 g/mol. The zero-order valence-electron chi connectivity index (χ0n) is 19.8. The molecule has 0 radical (unpaired) electrons. The lowest BCUT2D eigenvalue weighted by Gasteiger charge is -2.52. The molecule has 0 N–H and O–H groups in total. The largest absolute Gasteiger partial charge is 0.380 e. The maximum absolute atomic E-state index is 13.5. The van der Waals surface area contributed by atoms with Crippen LogP contribution in [-0.4, -0.2) is 48.0 Å². The predicted molar refractivity (Wildman–Crippen MR) is 126 cm³/mol. The van der Waals surface area contributed by atoms with Gasteiger partial charge in [0, 0.05) is 31.8 Å². The van der Waals surface area contributed by atoms with Crippen molar-refractivity contribution in [3.63, 3.8) is 0 Å². The van der Waals surface area contributed by atoms with Crippen LogP contribution in [0.15, 0.2) is 59.4 Å². The molecule has 0 spiro atoms. The molecule has 6 nitrogen and oxygen atoms in total. The summed E-state index contributed by atoms with van der Waals surface area (Å²) in [6, 6.07) is 14.5. The molecule has 0 bridgehead atoms. The lowest BCUT2D eigenvalue weighted by molar-refractivity contribution is -0.267. The molecule has 0 amide bonds. The Morgan fingerprint density at radius 3 is 2.52 bits per heavy atom. The lowest BCUT2D eigenvalue weighted by Crippen LogP contribution is -2.66. The number of morpholine rings is 1. The van der Waals surface area contributed by atoms with Crippen molar-refractivity contribution in [3.05, 3.63) is 82.1 Å². The minimum atomic E-state index is -1.20. The molecule has 2 heterocycles. The van der Waals surface area contributed by atoms with Gasteiger partial charge in [0.25, 0.3) is 0 Å². The van der Waals surface area contributed by atoms with Gasteiger partial charge < -0.3 is 19.2 Å². The average molecular weight is 447 g/mol. The van der Waals surface area contributed by atoms with Crippen molar-refractivity contribution >= 4 is 11.5 Å². The number of ether oxygens (including phenoxy) is 2. The third kappa shape index (κ3) is 3.23. The number of hydrogen-bond acceptors (Lipinski definition) is 6. The third-order valence-corrected chi connectivity index (χ3v) is 7.12. The Morgan fingerprint density at radius 2 is 1.85 bits per heavy atom. The van der Waals surface area contributed by atoms with Crippen LogP contribution >= 0.6 is 0 Å². The lowest BCUT2D eigenvalue weighted by atomic mass is 9.68. The Kier molecular flexibility index (Phi) is 5.18. The molecule has 2 aromatic carbocycles. The second kappa shape index (κ2) is 7.82. The Hall–Kier alpha value is -2.96. The van der Waals surface area contributed by atoms with Gasteiger partial charge in [0.1, 0.15) is 11.6 Å². The van der Waals surface area contributed by atoms with E-state index in [0.29, 0.717) is 25.4 Å². The van der Waals surface area contributed by atoms with Crippen LogP contribution in [-0.2, 0) is 25.7 Å². The van der Waals surface area contributed by atoms with Crippen LogP contribution in [0.2, 0.25) is 0 Å². The standard InChI is InChI=1S/C27H30N2O4/c1-17-13-18(2)23(19(3)14-17)24-25-26(4,33-28-24)22(30)15-21-27(25,31-5)32-12-11-29(21)16-20-9-7-6-8-10-20/h6-10,13-15,25H,11-12,16H2,1-5H3/t25-,26-,27?/m0/s1. The zero-order valence-corrected chi connectivity index (χ0v) is 19.8. The minimum Gasteiger partial charge on any atom is -0.380 e. The highest BCUT2D eigenvalue weighted by atomic mass is 16.7. The topological polar surface area (TPSA) is 60.4 Å². The zero-order chi connectivity index (χ0) is 23.4. The van der Waals surface area contributed by atoms with Crippen molar-refractivity contribution in [2.45, 2.75) is 45.6 Å². The first-order valence-electron chi connectivity index (χ1n) is 11.4. The molecule has 3 atom stereocenters. The van der Waals surface area contributed by atoms with E-state index in [9.17, 15) is 4.79 Å². The maximum atomic E-state index is 13.5. The number of oxime groups is 1. The van der Waals surface area contributed by atoms with Crippen molar-refractivity contribution in [2.75, 3.05) is 20.3 Å². The molecule has 2 aliphatic heterocycles. The van der Waals surface area contributed by atoms with Crippen LogP contribution in [0.1, 0.15) is 34.7 Å². The number of carbonyl (C=O) groups is 1. The van der Waals surface area contributed by atoms with Gasteiger partial charge in [-0.25, -0.2) is 0 Å². The number of methoxy groups -OCH3 is 1. The van der Waals surface area contributed by atoms with E-state index in [1.54, 1.807) is 20.1 Å². The Labute approximate surface area is 194 Å². The number of fused-ring (bicyclic) bond motifs is 3. The highest BCUT2D eigenvalue weighted by Gasteiger charge is 2.67. The molecule has 0 saturated carbocycles. The molecule has 1 unspecified atom stereocenters. The van der Waals surface area contributed by atoms with Crippen molar-refractivity contribution in [1.82, 2.24) is 4.90 Å². The van der Waals surface area contributed by atoms with Gasteiger partial charge in [-0.15, -0.1) is 0 Å². The summed E-state index contributed by atoms with van der Waals surface area (Å²) in [4.78, 5) is 21.6. The summed E-state index contributed by atoms with van der Waals surface area (Å²) < 4.78 is 12.6. The number of benzene rings is 2. The quantitative estimate of drug-likeness (QED) is 0.709. The van der Waals surface area contributed by atoms with Gasteiger partial charge in [-0.3, -0.25) is 4.79 Å². The number of carbonyl (C=O) groups excluding carboxylic acids is 1. The van der Waals surface area contributed by atoms with Crippen LogP contribution in [0.3, 0.4) is 0 Å². The first-order chi connectivity index (χ1) is 15.8. The van der Waals surface area contributed by atoms with Gasteiger partial charge in [0.15, 0.2) is 0 Å². The first-order valence-corrected chi connectivity index (χ1v) is 11.4. The summed E-state index contributed by atoms with van der Waals surface area (Å²) >= 11 is 0. The van der Waals surface area contributed by atoms with E-state index in [-0.39, 0.29) is 5.78 Å². The van der Waals surface area contributed by atoms with Crippen LogP contribution in [0, 0.1) is 26.7 Å². The predicted octanol–water partition coefficient (Wildman–Crippen LogP) is 4.06. The van der Waals surface area contributed by atoms with Gasteiger partial charge in [-0.1, -0.05) is 53.2 Å². The second-order valence-corrected chi connectivity index (χ2v) is 9.40. The van der Waals surface area contributed by atoms with Crippen molar-refractivity contribution < 1.29 is 19.1 Å². The Bertz CT molecular complexity index is 1150. The van der Waals surface area contributed by atoms with Gasteiger partial charge >= 0.3 is 0 Å². The summed E-state index contributed by atoms with van der Waals surface area (Å²) in [6.07, 6.45) is 1.63. The number of rotatable bonds is 4. The van der Waals surface area contributed by atoms with E-state index in [0.717, 1.165) is 28.0 Å². The average Bonchev–Trinajstić information content (AvgIpc) is 3.14. The van der Waals surface area contributed by atoms with E-state index < -0.39 is 17.3 Å². The van der Waals surface area contributed by atoms with E-state index in [1.807, 2.05) is 18.2 Å². The highest BCUT2D eigenvalue weighted by molar-refractivity contribution is 6.13. The molecule has 1 fully saturated rings. The highest BCUT2D eigenvalue weighted by Crippen LogP contribution is 2.51. The van der Waals surface area contributed by atoms with Gasteiger partial charge in [-0.2, -0.15) is 0 Å². The molecular formula is C27H30N2O4. The summed E-state index contributed by atoms with van der Waals surface area (Å²) in [6.45, 7) is 9.80. The van der Waals surface area contributed by atoms with Crippen LogP contribution < -0.4 is 0 Å². The van der Waals surface area contributed by atoms with Crippen molar-refractivity contribution in [1.29, 1.82) is 0 Å². The van der Waals surface area contributed by atoms with Gasteiger partial charge in [-0.05, 0) is 44.4 Å². The number of hydrogen-bond donors (Lipinski definition) is 0. The molecule has 1 aliphatic carbocycles. The molecule has 6 heteroatoms. The monoisotopic (exact) mass is 446 g/mol. The minimum absolute atomic E-state index is 0.125. The molecule has 0 aromatic heterocycles. The summed E-state index contributed by atoms with van der Waals surface area (Å²) in [7, 11) is 1.64. The normalized spacial score (nSPS) is 28.6.